The van der Waals surface area contributed by atoms with Gasteiger partial charge in [-0.15, -0.1) is 0 Å². The number of aliphatic carboxylic acids is 1. The van der Waals surface area contributed by atoms with Gasteiger partial charge in [0.25, 0.3) is 0 Å². The van der Waals surface area contributed by atoms with Crippen molar-refractivity contribution in [3.8, 4) is 0 Å². The van der Waals surface area contributed by atoms with Gasteiger partial charge >= 0.3 is 5.97 Å². The maximum atomic E-state index is 9.95. The molecule has 0 aromatic heterocycles. The zero-order valence-corrected chi connectivity index (χ0v) is 9.27. The second kappa shape index (κ2) is 8.43. The first-order chi connectivity index (χ1) is 7.60. The SMILES string of the molecule is COCC(=O)O.Cc1ccc(NC=O)cc1. The van der Waals surface area contributed by atoms with Crippen molar-refractivity contribution in [1.29, 1.82) is 0 Å². The van der Waals surface area contributed by atoms with E-state index in [9.17, 15) is 9.59 Å². The Morgan fingerprint density at radius 1 is 1.44 bits per heavy atom. The molecule has 0 saturated carbocycles. The van der Waals surface area contributed by atoms with Crippen molar-refractivity contribution in [2.45, 2.75) is 6.92 Å². The number of nitrogens with one attached hydrogen (secondary N) is 1. The van der Waals surface area contributed by atoms with Crippen molar-refractivity contribution >= 4 is 18.1 Å². The van der Waals surface area contributed by atoms with Crippen LogP contribution >= 0.6 is 0 Å². The summed E-state index contributed by atoms with van der Waals surface area (Å²) in [4.78, 5) is 19.4. The van der Waals surface area contributed by atoms with E-state index in [0.29, 0.717) is 6.41 Å². The molecule has 88 valence electrons. The van der Waals surface area contributed by atoms with Crippen LogP contribution in [0.3, 0.4) is 0 Å². The fraction of sp³-hybridized carbons (Fsp3) is 0.273. The van der Waals surface area contributed by atoms with Gasteiger partial charge in [-0.05, 0) is 19.1 Å². The number of carbonyl (C=O) groups excluding carboxylic acids is 1. The van der Waals surface area contributed by atoms with Gasteiger partial charge in [0.1, 0.15) is 6.61 Å². The molecule has 0 aliphatic heterocycles. The van der Waals surface area contributed by atoms with Crippen LogP contribution in [0.2, 0.25) is 0 Å². The van der Waals surface area contributed by atoms with Gasteiger partial charge in [0.15, 0.2) is 0 Å². The summed E-state index contributed by atoms with van der Waals surface area (Å²) in [5.41, 5.74) is 2.03. The summed E-state index contributed by atoms with van der Waals surface area (Å²) in [6.07, 6.45) is 0.671. The molecule has 0 bridgehead atoms. The number of anilines is 1. The fourth-order valence-corrected chi connectivity index (χ4v) is 0.841. The Balaban J connectivity index is 0.000000325. The fourth-order valence-electron chi connectivity index (χ4n) is 0.841. The number of amides is 1. The molecule has 0 saturated heterocycles. The summed E-state index contributed by atoms with van der Waals surface area (Å²) in [5.74, 6) is -0.933. The van der Waals surface area contributed by atoms with Crippen LogP contribution in [0.25, 0.3) is 0 Å². The minimum atomic E-state index is -0.933. The minimum absolute atomic E-state index is 0.208. The van der Waals surface area contributed by atoms with E-state index >= 15 is 0 Å². The molecule has 1 rings (SSSR count). The number of carboxylic acid groups (broad SMARTS) is 1. The molecule has 5 nitrogen and oxygen atoms in total. The largest absolute Gasteiger partial charge is 0.480 e. The van der Waals surface area contributed by atoms with Crippen LogP contribution in [-0.4, -0.2) is 31.2 Å². The van der Waals surface area contributed by atoms with Crippen LogP contribution in [0, 0.1) is 6.92 Å². The Hall–Kier alpha value is -1.88. The molecule has 0 radical (unpaired) electrons. The number of aryl methyl sites for hydroxylation is 1. The Morgan fingerprint density at radius 3 is 2.31 bits per heavy atom. The molecule has 1 aromatic carbocycles. The number of carbonyl (C=O) groups is 2. The van der Waals surface area contributed by atoms with Crippen molar-refractivity contribution in [2.75, 3.05) is 19.0 Å². The third kappa shape index (κ3) is 7.52. The lowest BCUT2D eigenvalue weighted by Crippen LogP contribution is -2.02. The summed E-state index contributed by atoms with van der Waals surface area (Å²) >= 11 is 0. The third-order valence-electron chi connectivity index (χ3n) is 1.54. The monoisotopic (exact) mass is 225 g/mol. The molecule has 0 unspecified atom stereocenters. The average Bonchev–Trinajstić information content (AvgIpc) is 2.22. The van der Waals surface area contributed by atoms with Crippen molar-refractivity contribution < 1.29 is 19.4 Å². The van der Waals surface area contributed by atoms with Crippen molar-refractivity contribution in [1.82, 2.24) is 0 Å². The smallest absolute Gasteiger partial charge is 0.329 e. The molecule has 1 amide bonds. The molecule has 0 aliphatic rings. The van der Waals surface area contributed by atoms with E-state index in [4.69, 9.17) is 5.11 Å². The lowest BCUT2D eigenvalue weighted by Gasteiger charge is -1.96. The van der Waals surface area contributed by atoms with E-state index < -0.39 is 5.97 Å². The van der Waals surface area contributed by atoms with Crippen LogP contribution in [0.15, 0.2) is 24.3 Å². The summed E-state index contributed by atoms with van der Waals surface area (Å²) in [6.45, 7) is 1.80. The van der Waals surface area contributed by atoms with Gasteiger partial charge in [-0.25, -0.2) is 4.79 Å². The molecule has 2 N–H and O–H groups in total. The van der Waals surface area contributed by atoms with Gasteiger partial charge in [-0.3, -0.25) is 4.79 Å². The highest BCUT2D eigenvalue weighted by Gasteiger charge is 1.87. The Morgan fingerprint density at radius 2 is 2.00 bits per heavy atom. The second-order valence-corrected chi connectivity index (χ2v) is 2.95. The first-order valence-corrected chi connectivity index (χ1v) is 4.57. The highest BCUT2D eigenvalue weighted by Crippen LogP contribution is 2.06. The van der Waals surface area contributed by atoms with Gasteiger partial charge in [0, 0.05) is 12.8 Å². The Bertz CT molecular complexity index is 321. The minimum Gasteiger partial charge on any atom is -0.480 e. The molecular weight excluding hydrogens is 210 g/mol. The second-order valence-electron chi connectivity index (χ2n) is 2.95. The standard InChI is InChI=1S/C8H9NO.C3H6O3/c1-7-2-4-8(5-3-7)9-6-10;1-6-2-3(4)5/h2-6H,1H3,(H,9,10);2H2,1H3,(H,4,5). The molecule has 1 aromatic rings. The number of rotatable bonds is 4. The van der Waals surface area contributed by atoms with E-state index in [2.05, 4.69) is 10.1 Å². The van der Waals surface area contributed by atoms with E-state index in [-0.39, 0.29) is 6.61 Å². The van der Waals surface area contributed by atoms with Gasteiger partial charge in [-0.2, -0.15) is 0 Å². The number of ether oxygens (including phenoxy) is 1. The quantitative estimate of drug-likeness (QED) is 0.757. The molecule has 16 heavy (non-hydrogen) atoms. The van der Waals surface area contributed by atoms with E-state index in [1.807, 2.05) is 31.2 Å². The zero-order chi connectivity index (χ0) is 12.4. The topological polar surface area (TPSA) is 75.6 Å². The lowest BCUT2D eigenvalue weighted by molar-refractivity contribution is -0.141. The highest BCUT2D eigenvalue weighted by atomic mass is 16.5. The summed E-state index contributed by atoms with van der Waals surface area (Å²) in [5, 5.41) is 10.3. The van der Waals surface area contributed by atoms with Gasteiger partial charge in [0.05, 0.1) is 0 Å². The maximum absolute atomic E-state index is 9.95. The van der Waals surface area contributed by atoms with Crippen LogP contribution in [-0.2, 0) is 14.3 Å². The number of hydrogen-bond acceptors (Lipinski definition) is 3. The van der Waals surface area contributed by atoms with E-state index in [0.717, 1.165) is 5.69 Å². The highest BCUT2D eigenvalue weighted by molar-refractivity contribution is 5.70. The first-order valence-electron chi connectivity index (χ1n) is 4.57. The van der Waals surface area contributed by atoms with Gasteiger partial charge in [-0.1, -0.05) is 17.7 Å². The van der Waals surface area contributed by atoms with E-state index in [1.165, 1.54) is 12.7 Å². The van der Waals surface area contributed by atoms with Crippen LogP contribution in [0.1, 0.15) is 5.56 Å². The molecule has 5 heteroatoms. The summed E-state index contributed by atoms with van der Waals surface area (Å²) < 4.78 is 4.20. The molecule has 0 fully saturated rings. The Kier molecular flexibility index (Phi) is 7.44. The Labute approximate surface area is 94.0 Å². The van der Waals surface area contributed by atoms with Crippen LogP contribution in [0.5, 0.6) is 0 Å². The average molecular weight is 225 g/mol. The van der Waals surface area contributed by atoms with Gasteiger partial charge in [0.2, 0.25) is 6.41 Å². The molecule has 0 heterocycles. The van der Waals surface area contributed by atoms with Crippen LogP contribution in [0.4, 0.5) is 5.69 Å². The van der Waals surface area contributed by atoms with E-state index in [1.54, 1.807) is 0 Å². The number of hydrogen-bond donors (Lipinski definition) is 2. The number of benzene rings is 1. The number of carboxylic acids is 1. The van der Waals surface area contributed by atoms with Crippen LogP contribution < -0.4 is 5.32 Å². The predicted octanol–water partition coefficient (Wildman–Crippen LogP) is 1.28. The lowest BCUT2D eigenvalue weighted by atomic mass is 10.2. The zero-order valence-electron chi connectivity index (χ0n) is 9.27. The molecular formula is C11H15NO4. The van der Waals surface area contributed by atoms with Crippen molar-refractivity contribution in [3.05, 3.63) is 29.8 Å². The first kappa shape index (κ1) is 14.1. The van der Waals surface area contributed by atoms with Crippen molar-refractivity contribution in [3.63, 3.8) is 0 Å². The third-order valence-corrected chi connectivity index (χ3v) is 1.54. The van der Waals surface area contributed by atoms with Gasteiger partial charge < -0.3 is 15.2 Å². The predicted molar refractivity (Wildman–Crippen MR) is 60.4 cm³/mol. The summed E-state index contributed by atoms with van der Waals surface area (Å²) in [7, 11) is 1.34. The maximum Gasteiger partial charge on any atom is 0.329 e. The molecule has 0 spiro atoms. The number of methoxy groups -OCH3 is 1. The molecule has 0 atom stereocenters. The summed E-state index contributed by atoms with van der Waals surface area (Å²) in [6, 6.07) is 7.63. The normalized spacial score (nSPS) is 8.62. The molecule has 0 aliphatic carbocycles. The van der Waals surface area contributed by atoms with Crippen molar-refractivity contribution in [2.24, 2.45) is 0 Å².